The fourth-order valence-electron chi connectivity index (χ4n) is 2.85. The van der Waals surface area contributed by atoms with Gasteiger partial charge < -0.3 is 10.2 Å². The van der Waals surface area contributed by atoms with Crippen LogP contribution in [0.4, 0.5) is 10.1 Å². The molecule has 2 nitrogen and oxygen atoms in total. The van der Waals surface area contributed by atoms with E-state index in [9.17, 15) is 4.39 Å². The summed E-state index contributed by atoms with van der Waals surface area (Å²) in [5.41, 5.74) is 1.73. The minimum atomic E-state index is -0.0937. The summed E-state index contributed by atoms with van der Waals surface area (Å²) < 4.78 is 14.0. The number of rotatable bonds is 3. The van der Waals surface area contributed by atoms with Gasteiger partial charge in [-0.05, 0) is 50.9 Å². The zero-order chi connectivity index (χ0) is 13.1. The first-order valence-corrected chi connectivity index (χ1v) is 6.88. The molecule has 0 aliphatic carbocycles. The van der Waals surface area contributed by atoms with E-state index in [-0.39, 0.29) is 5.82 Å². The molecule has 1 saturated heterocycles. The molecule has 1 heterocycles. The summed E-state index contributed by atoms with van der Waals surface area (Å²) in [6, 6.07) is 6.49. The number of aryl methyl sites for hydroxylation is 1. The Kier molecular flexibility index (Phi) is 4.23. The summed E-state index contributed by atoms with van der Waals surface area (Å²) in [7, 11) is 0. The fourth-order valence-corrected chi connectivity index (χ4v) is 2.85. The van der Waals surface area contributed by atoms with E-state index in [1.54, 1.807) is 6.07 Å². The van der Waals surface area contributed by atoms with Gasteiger partial charge in [-0.3, -0.25) is 0 Å². The molecule has 0 amide bonds. The fraction of sp³-hybridized carbons (Fsp3) is 0.600. The van der Waals surface area contributed by atoms with Gasteiger partial charge in [-0.25, -0.2) is 4.39 Å². The molecule has 0 aromatic heterocycles. The van der Waals surface area contributed by atoms with Gasteiger partial charge in [0.2, 0.25) is 0 Å². The van der Waals surface area contributed by atoms with Gasteiger partial charge in [-0.1, -0.05) is 13.0 Å². The van der Waals surface area contributed by atoms with Crippen molar-refractivity contribution in [3.63, 3.8) is 0 Å². The zero-order valence-electron chi connectivity index (χ0n) is 11.5. The van der Waals surface area contributed by atoms with E-state index in [1.165, 1.54) is 0 Å². The van der Waals surface area contributed by atoms with Crippen LogP contribution in [-0.2, 0) is 0 Å². The molecule has 2 atom stereocenters. The molecule has 18 heavy (non-hydrogen) atoms. The number of halogens is 1. The summed E-state index contributed by atoms with van der Waals surface area (Å²) in [6.07, 6.45) is 2.17. The molecule has 1 aliphatic heterocycles. The Morgan fingerprint density at radius 1 is 1.44 bits per heavy atom. The SMILES string of the molecule is CCNC1CCN(c2ccc(C)cc2F)C(C)C1. The van der Waals surface area contributed by atoms with Crippen LogP contribution in [0.3, 0.4) is 0 Å². The maximum Gasteiger partial charge on any atom is 0.146 e. The number of piperidine rings is 1. The van der Waals surface area contributed by atoms with Crippen LogP contribution in [0, 0.1) is 12.7 Å². The van der Waals surface area contributed by atoms with Gasteiger partial charge in [0, 0.05) is 18.6 Å². The van der Waals surface area contributed by atoms with E-state index in [1.807, 2.05) is 19.1 Å². The van der Waals surface area contributed by atoms with Crippen molar-refractivity contribution in [3.8, 4) is 0 Å². The average Bonchev–Trinajstić information content (AvgIpc) is 2.31. The summed E-state index contributed by atoms with van der Waals surface area (Å²) >= 11 is 0. The summed E-state index contributed by atoms with van der Waals surface area (Å²) in [6.45, 7) is 8.18. The molecule has 2 unspecified atom stereocenters. The predicted octanol–water partition coefficient (Wildman–Crippen LogP) is 3.10. The van der Waals surface area contributed by atoms with Crippen LogP contribution in [0.2, 0.25) is 0 Å². The van der Waals surface area contributed by atoms with Crippen LogP contribution in [-0.4, -0.2) is 25.2 Å². The minimum absolute atomic E-state index is 0.0937. The molecule has 2 rings (SSSR count). The number of benzene rings is 1. The standard InChI is InChI=1S/C15H23FN2/c1-4-17-13-7-8-18(12(3)10-13)15-6-5-11(2)9-14(15)16/h5-6,9,12-13,17H,4,7-8,10H2,1-3H3. The normalized spacial score (nSPS) is 24.3. The van der Waals surface area contributed by atoms with Crippen molar-refractivity contribution in [1.29, 1.82) is 0 Å². The average molecular weight is 250 g/mol. The lowest BCUT2D eigenvalue weighted by Gasteiger charge is -2.39. The lowest BCUT2D eigenvalue weighted by molar-refractivity contribution is 0.371. The molecule has 0 spiro atoms. The lowest BCUT2D eigenvalue weighted by atomic mass is 9.97. The summed E-state index contributed by atoms with van der Waals surface area (Å²) in [5.74, 6) is -0.0937. The second kappa shape index (κ2) is 5.70. The molecule has 100 valence electrons. The van der Waals surface area contributed by atoms with Gasteiger partial charge in [-0.2, -0.15) is 0 Å². The molecule has 1 fully saturated rings. The Labute approximate surface area is 109 Å². The molecule has 3 heteroatoms. The lowest BCUT2D eigenvalue weighted by Crippen LogP contribution is -2.47. The maximum atomic E-state index is 14.0. The van der Waals surface area contributed by atoms with Crippen LogP contribution in [0.1, 0.15) is 32.3 Å². The van der Waals surface area contributed by atoms with Crippen LogP contribution < -0.4 is 10.2 Å². The topological polar surface area (TPSA) is 15.3 Å². The van der Waals surface area contributed by atoms with Gasteiger partial charge in [0.25, 0.3) is 0 Å². The maximum absolute atomic E-state index is 14.0. The van der Waals surface area contributed by atoms with E-state index < -0.39 is 0 Å². The van der Waals surface area contributed by atoms with E-state index >= 15 is 0 Å². The van der Waals surface area contributed by atoms with E-state index in [2.05, 4.69) is 24.1 Å². The first-order chi connectivity index (χ1) is 8.61. The van der Waals surface area contributed by atoms with Crippen LogP contribution >= 0.6 is 0 Å². The van der Waals surface area contributed by atoms with Crippen molar-refractivity contribution in [2.24, 2.45) is 0 Å². The number of hydrogen-bond acceptors (Lipinski definition) is 2. The largest absolute Gasteiger partial charge is 0.366 e. The third kappa shape index (κ3) is 2.83. The molecule has 1 aromatic carbocycles. The van der Waals surface area contributed by atoms with Crippen molar-refractivity contribution in [1.82, 2.24) is 5.32 Å². The molecule has 0 radical (unpaired) electrons. The van der Waals surface area contributed by atoms with Gasteiger partial charge >= 0.3 is 0 Å². The predicted molar refractivity (Wildman–Crippen MR) is 74.6 cm³/mol. The van der Waals surface area contributed by atoms with Gasteiger partial charge in [0.1, 0.15) is 5.82 Å². The molecule has 0 saturated carbocycles. The number of nitrogens with zero attached hydrogens (tertiary/aromatic N) is 1. The highest BCUT2D eigenvalue weighted by Crippen LogP contribution is 2.27. The highest BCUT2D eigenvalue weighted by atomic mass is 19.1. The summed E-state index contributed by atoms with van der Waals surface area (Å²) in [5, 5.41) is 3.49. The first-order valence-electron chi connectivity index (χ1n) is 6.88. The Morgan fingerprint density at radius 2 is 2.22 bits per heavy atom. The van der Waals surface area contributed by atoms with Crippen LogP contribution in [0.5, 0.6) is 0 Å². The van der Waals surface area contributed by atoms with E-state index in [0.717, 1.165) is 37.2 Å². The van der Waals surface area contributed by atoms with Gasteiger partial charge in [-0.15, -0.1) is 0 Å². The smallest absolute Gasteiger partial charge is 0.146 e. The Balaban J connectivity index is 2.10. The van der Waals surface area contributed by atoms with Gasteiger partial charge in [0.15, 0.2) is 0 Å². The molecule has 1 N–H and O–H groups in total. The Morgan fingerprint density at radius 3 is 2.83 bits per heavy atom. The Bertz CT molecular complexity index is 405. The van der Waals surface area contributed by atoms with Crippen LogP contribution in [0.15, 0.2) is 18.2 Å². The van der Waals surface area contributed by atoms with Crippen molar-refractivity contribution < 1.29 is 4.39 Å². The highest BCUT2D eigenvalue weighted by Gasteiger charge is 2.26. The minimum Gasteiger partial charge on any atom is -0.366 e. The third-order valence-electron chi connectivity index (χ3n) is 3.78. The molecule has 1 aliphatic rings. The number of anilines is 1. The van der Waals surface area contributed by atoms with E-state index in [0.29, 0.717) is 12.1 Å². The van der Waals surface area contributed by atoms with Crippen molar-refractivity contribution >= 4 is 5.69 Å². The van der Waals surface area contributed by atoms with E-state index in [4.69, 9.17) is 0 Å². The quantitative estimate of drug-likeness (QED) is 0.886. The van der Waals surface area contributed by atoms with Crippen molar-refractivity contribution in [2.45, 2.75) is 45.7 Å². The first kappa shape index (κ1) is 13.3. The molecule has 0 bridgehead atoms. The number of nitrogens with one attached hydrogen (secondary N) is 1. The molecular formula is C15H23FN2. The van der Waals surface area contributed by atoms with Gasteiger partial charge in [0.05, 0.1) is 5.69 Å². The van der Waals surface area contributed by atoms with Crippen LogP contribution in [0.25, 0.3) is 0 Å². The second-order valence-corrected chi connectivity index (χ2v) is 5.28. The zero-order valence-corrected chi connectivity index (χ0v) is 11.5. The third-order valence-corrected chi connectivity index (χ3v) is 3.78. The van der Waals surface area contributed by atoms with Crippen molar-refractivity contribution in [2.75, 3.05) is 18.0 Å². The Hall–Kier alpha value is -1.09. The monoisotopic (exact) mass is 250 g/mol. The molecular weight excluding hydrogens is 227 g/mol. The van der Waals surface area contributed by atoms with Crippen molar-refractivity contribution in [3.05, 3.63) is 29.6 Å². The molecule has 1 aromatic rings. The second-order valence-electron chi connectivity index (χ2n) is 5.28. The highest BCUT2D eigenvalue weighted by molar-refractivity contribution is 5.50. The summed E-state index contributed by atoms with van der Waals surface area (Å²) in [4.78, 5) is 2.20. The number of hydrogen-bond donors (Lipinski definition) is 1.